The maximum atomic E-state index is 9.58. The highest BCUT2D eigenvalue weighted by atomic mass is 16.4. The molecule has 152 valence electrons. The summed E-state index contributed by atoms with van der Waals surface area (Å²) in [5, 5.41) is 16.5. The lowest BCUT2D eigenvalue weighted by atomic mass is 10.1. The van der Waals surface area contributed by atoms with Crippen LogP contribution in [0.1, 0.15) is 5.56 Å². The number of likely N-dealkylation sites (N-methyl/N-ethyl adjacent to an activating group) is 1. The second-order valence-corrected chi connectivity index (χ2v) is 7.92. The van der Waals surface area contributed by atoms with Crippen molar-refractivity contribution in [1.82, 2.24) is 14.8 Å². The lowest BCUT2D eigenvalue weighted by molar-refractivity contribution is 0.148. The van der Waals surface area contributed by atoms with Gasteiger partial charge in [0, 0.05) is 55.8 Å². The highest BCUT2D eigenvalue weighted by Crippen LogP contribution is 2.25. The van der Waals surface area contributed by atoms with E-state index < -0.39 is 0 Å². The van der Waals surface area contributed by atoms with Gasteiger partial charge in [0.15, 0.2) is 5.76 Å². The Kier molecular flexibility index (Phi) is 4.94. The zero-order valence-electron chi connectivity index (χ0n) is 17.0. The Bertz CT molecular complexity index is 1270. The van der Waals surface area contributed by atoms with Gasteiger partial charge < -0.3 is 14.5 Å². The Morgan fingerprint density at radius 1 is 1.00 bits per heavy atom. The van der Waals surface area contributed by atoms with Crippen molar-refractivity contribution in [2.75, 3.05) is 33.2 Å². The molecule has 4 aromatic rings. The Balaban J connectivity index is 1.54. The molecule has 0 radical (unpaired) electrons. The average Bonchev–Trinajstić information content (AvgIpc) is 2.79. The fraction of sp³-hybridized carbons (Fsp3) is 0.250. The first-order chi connectivity index (χ1) is 14.7. The summed E-state index contributed by atoms with van der Waals surface area (Å²) in [6.45, 7) is 5.17. The van der Waals surface area contributed by atoms with Crippen LogP contribution in [0.5, 0.6) is 0 Å². The molecule has 0 amide bonds. The van der Waals surface area contributed by atoms with Gasteiger partial charge in [-0.05, 0) is 36.2 Å². The van der Waals surface area contributed by atoms with Crippen LogP contribution in [0.2, 0.25) is 0 Å². The third kappa shape index (κ3) is 3.67. The van der Waals surface area contributed by atoms with E-state index in [1.165, 1.54) is 5.56 Å². The molecule has 0 bridgehead atoms. The van der Waals surface area contributed by atoms with Crippen molar-refractivity contribution in [3.8, 4) is 11.5 Å². The maximum absolute atomic E-state index is 9.58. The minimum absolute atomic E-state index is 0.479. The minimum Gasteiger partial charge on any atom is -0.454 e. The van der Waals surface area contributed by atoms with Crippen LogP contribution in [0.4, 0.5) is 0 Å². The molecule has 0 atom stereocenters. The van der Waals surface area contributed by atoms with Gasteiger partial charge in [-0.3, -0.25) is 9.88 Å². The van der Waals surface area contributed by atoms with Gasteiger partial charge in [0.25, 0.3) is 0 Å². The molecule has 1 aliphatic rings. The first-order valence-corrected chi connectivity index (χ1v) is 10.2. The molecule has 1 fully saturated rings. The van der Waals surface area contributed by atoms with Crippen molar-refractivity contribution >= 4 is 21.7 Å². The van der Waals surface area contributed by atoms with Gasteiger partial charge >= 0.3 is 0 Å². The van der Waals surface area contributed by atoms with E-state index in [1.807, 2.05) is 48.7 Å². The first-order valence-electron chi connectivity index (χ1n) is 10.2. The summed E-state index contributed by atoms with van der Waals surface area (Å²) in [4.78, 5) is 9.36. The highest BCUT2D eigenvalue weighted by Gasteiger charge is 2.15. The largest absolute Gasteiger partial charge is 0.454 e. The minimum atomic E-state index is 0.479. The zero-order chi connectivity index (χ0) is 20.5. The molecule has 5 rings (SSSR count). The molecule has 2 aromatic carbocycles. The Morgan fingerprint density at radius 2 is 1.80 bits per heavy atom. The number of benzene rings is 2. The number of rotatable bonds is 3. The van der Waals surface area contributed by atoms with E-state index in [2.05, 4.69) is 33.1 Å². The second kappa shape index (κ2) is 7.89. The molecule has 6 nitrogen and oxygen atoms in total. The number of piperazine rings is 1. The molecular weight excluding hydrogens is 376 g/mol. The summed E-state index contributed by atoms with van der Waals surface area (Å²) < 4.78 is 6.23. The molecule has 0 aliphatic carbocycles. The maximum Gasteiger partial charge on any atom is 0.155 e. The van der Waals surface area contributed by atoms with Crippen LogP contribution in [0, 0.1) is 0 Å². The smallest absolute Gasteiger partial charge is 0.155 e. The molecule has 2 aromatic heterocycles. The number of fused-ring (bicyclic) bond motifs is 2. The summed E-state index contributed by atoms with van der Waals surface area (Å²) in [6, 6.07) is 17.9. The van der Waals surface area contributed by atoms with Crippen LogP contribution in [-0.4, -0.2) is 53.2 Å². The van der Waals surface area contributed by atoms with Crippen molar-refractivity contribution in [2.24, 2.45) is 5.16 Å². The number of hydrogen-bond donors (Lipinski definition) is 1. The van der Waals surface area contributed by atoms with E-state index >= 15 is 0 Å². The highest BCUT2D eigenvalue weighted by molar-refractivity contribution is 5.85. The monoisotopic (exact) mass is 400 g/mol. The fourth-order valence-electron chi connectivity index (χ4n) is 4.00. The van der Waals surface area contributed by atoms with Crippen molar-refractivity contribution in [3.05, 3.63) is 71.7 Å². The van der Waals surface area contributed by atoms with Crippen LogP contribution in [0.25, 0.3) is 33.2 Å². The Morgan fingerprint density at radius 3 is 2.60 bits per heavy atom. The summed E-state index contributed by atoms with van der Waals surface area (Å²) in [5.41, 5.74) is 2.59. The number of aromatic nitrogens is 1. The summed E-state index contributed by atoms with van der Waals surface area (Å²) in [5.74, 6) is 0.581. The molecule has 30 heavy (non-hydrogen) atoms. The Hall–Kier alpha value is -3.22. The van der Waals surface area contributed by atoms with E-state index in [0.717, 1.165) is 48.9 Å². The number of pyridine rings is 1. The molecule has 1 aliphatic heterocycles. The van der Waals surface area contributed by atoms with Gasteiger partial charge in [-0.15, -0.1) is 0 Å². The van der Waals surface area contributed by atoms with Crippen molar-refractivity contribution in [3.63, 3.8) is 0 Å². The number of nitrogens with zero attached hydrogens (tertiary/aromatic N) is 4. The van der Waals surface area contributed by atoms with E-state index in [1.54, 1.807) is 6.07 Å². The lowest BCUT2D eigenvalue weighted by Crippen LogP contribution is -2.43. The van der Waals surface area contributed by atoms with Crippen LogP contribution in [0.15, 0.2) is 70.4 Å². The van der Waals surface area contributed by atoms with Gasteiger partial charge in [0.2, 0.25) is 0 Å². The standard InChI is InChI=1S/C24H24N4O2/c1-27-8-10-28(11-9-27)16-17-6-7-20-21(26-29)14-24(30-23(20)12-17)22-13-18-4-2-3-5-19(18)15-25-22/h2-7,12-15,29H,8-11,16H2,1H3/b26-21+. The quantitative estimate of drug-likeness (QED) is 0.420. The second-order valence-electron chi connectivity index (χ2n) is 7.92. The lowest BCUT2D eigenvalue weighted by Gasteiger charge is -2.32. The van der Waals surface area contributed by atoms with E-state index in [4.69, 9.17) is 4.42 Å². The third-order valence-corrected chi connectivity index (χ3v) is 5.80. The first kappa shape index (κ1) is 18.8. The van der Waals surface area contributed by atoms with Gasteiger partial charge in [-0.2, -0.15) is 0 Å². The van der Waals surface area contributed by atoms with E-state index in [0.29, 0.717) is 22.4 Å². The molecule has 0 spiro atoms. The molecule has 0 unspecified atom stereocenters. The van der Waals surface area contributed by atoms with Crippen molar-refractivity contribution in [1.29, 1.82) is 0 Å². The predicted octanol–water partition coefficient (Wildman–Crippen LogP) is 3.69. The molecule has 1 saturated heterocycles. The normalized spacial score (nSPS) is 16.5. The molecule has 6 heteroatoms. The number of hydrogen-bond acceptors (Lipinski definition) is 6. The van der Waals surface area contributed by atoms with Gasteiger partial charge in [0.1, 0.15) is 16.6 Å². The van der Waals surface area contributed by atoms with Gasteiger partial charge in [-0.1, -0.05) is 35.5 Å². The van der Waals surface area contributed by atoms with Crippen molar-refractivity contribution < 1.29 is 9.62 Å². The SMILES string of the molecule is CN1CCN(Cc2ccc3/c(=N/O)cc(-c4cc5ccccc5cn4)oc3c2)CC1. The van der Waals surface area contributed by atoms with Gasteiger partial charge in [-0.25, -0.2) is 0 Å². The van der Waals surface area contributed by atoms with Crippen LogP contribution in [-0.2, 0) is 6.54 Å². The summed E-state index contributed by atoms with van der Waals surface area (Å²) in [6.07, 6.45) is 1.84. The Labute approximate surface area is 174 Å². The van der Waals surface area contributed by atoms with E-state index in [9.17, 15) is 5.21 Å². The van der Waals surface area contributed by atoms with Crippen molar-refractivity contribution in [2.45, 2.75) is 6.54 Å². The zero-order valence-corrected chi connectivity index (χ0v) is 17.0. The molecule has 1 N–H and O–H groups in total. The summed E-state index contributed by atoms with van der Waals surface area (Å²) in [7, 11) is 2.16. The average molecular weight is 400 g/mol. The van der Waals surface area contributed by atoms with Crippen LogP contribution >= 0.6 is 0 Å². The molecule has 0 saturated carbocycles. The van der Waals surface area contributed by atoms with Crippen LogP contribution < -0.4 is 5.36 Å². The van der Waals surface area contributed by atoms with Gasteiger partial charge in [0.05, 0.1) is 0 Å². The third-order valence-electron chi connectivity index (χ3n) is 5.80. The molecular formula is C24H24N4O2. The molecule has 3 heterocycles. The fourth-order valence-corrected chi connectivity index (χ4v) is 4.00. The summed E-state index contributed by atoms with van der Waals surface area (Å²) >= 11 is 0. The predicted molar refractivity (Wildman–Crippen MR) is 117 cm³/mol. The van der Waals surface area contributed by atoms with Crippen LogP contribution in [0.3, 0.4) is 0 Å². The van der Waals surface area contributed by atoms with E-state index in [-0.39, 0.29) is 0 Å². The topological polar surface area (TPSA) is 65.1 Å².